The minimum absolute atomic E-state index is 0.170. The van der Waals surface area contributed by atoms with Gasteiger partial charge >= 0.3 is 5.97 Å². The second-order valence-electron chi connectivity index (χ2n) is 5.06. The maximum Gasteiger partial charge on any atom is 0.363 e. The van der Waals surface area contributed by atoms with E-state index >= 15 is 0 Å². The highest BCUT2D eigenvalue weighted by Gasteiger charge is 2.25. The van der Waals surface area contributed by atoms with Crippen LogP contribution in [0.15, 0.2) is 47.2 Å². The summed E-state index contributed by atoms with van der Waals surface area (Å²) in [5.74, 6) is -0.318. The number of aliphatic imine (C=N–C) groups is 1. The maximum absolute atomic E-state index is 12.0. The van der Waals surface area contributed by atoms with Crippen molar-refractivity contribution in [2.24, 2.45) is 4.99 Å². The van der Waals surface area contributed by atoms with Crippen molar-refractivity contribution in [3.63, 3.8) is 0 Å². The van der Waals surface area contributed by atoms with E-state index in [0.29, 0.717) is 10.7 Å². The summed E-state index contributed by atoms with van der Waals surface area (Å²) in [4.78, 5) is 20.3. The number of benzene rings is 1. The lowest BCUT2D eigenvalue weighted by Crippen LogP contribution is -2.07. The van der Waals surface area contributed by atoms with Crippen molar-refractivity contribution in [2.45, 2.75) is 13.8 Å². The first-order valence-electron chi connectivity index (χ1n) is 6.75. The first-order chi connectivity index (χ1) is 10.5. The standard InChI is InChI=1S/C17H13ClN2O2/c1-10-3-4-11(2)12(7-10)8-15-17(21)22-16(20-15)14-9-13(18)5-6-19-14/h3-9H,1-2H3/b15-8-. The molecule has 0 radical (unpaired) electrons. The second-order valence-corrected chi connectivity index (χ2v) is 5.49. The Morgan fingerprint density at radius 2 is 2.00 bits per heavy atom. The molecule has 3 rings (SSSR count). The highest BCUT2D eigenvalue weighted by atomic mass is 35.5. The SMILES string of the molecule is Cc1ccc(C)c(/C=C2\N=C(c3cc(Cl)ccn3)OC2=O)c1. The molecule has 0 bridgehead atoms. The highest BCUT2D eigenvalue weighted by molar-refractivity contribution is 6.31. The topological polar surface area (TPSA) is 51.6 Å². The van der Waals surface area contributed by atoms with E-state index in [0.717, 1.165) is 16.7 Å². The van der Waals surface area contributed by atoms with Gasteiger partial charge in [-0.05, 0) is 43.2 Å². The number of hydrogen-bond donors (Lipinski definition) is 0. The first kappa shape index (κ1) is 14.5. The van der Waals surface area contributed by atoms with Crippen molar-refractivity contribution in [2.75, 3.05) is 0 Å². The molecular formula is C17H13ClN2O2. The van der Waals surface area contributed by atoms with Crippen molar-refractivity contribution >= 4 is 29.5 Å². The minimum Gasteiger partial charge on any atom is -0.400 e. The van der Waals surface area contributed by atoms with Gasteiger partial charge in [-0.1, -0.05) is 35.4 Å². The van der Waals surface area contributed by atoms with Crippen molar-refractivity contribution in [1.82, 2.24) is 4.98 Å². The Balaban J connectivity index is 1.99. The van der Waals surface area contributed by atoms with E-state index in [1.807, 2.05) is 32.0 Å². The van der Waals surface area contributed by atoms with Crippen LogP contribution in [0.2, 0.25) is 5.02 Å². The number of carbonyl (C=O) groups excluding carboxylic acids is 1. The van der Waals surface area contributed by atoms with E-state index in [4.69, 9.17) is 16.3 Å². The Labute approximate surface area is 133 Å². The van der Waals surface area contributed by atoms with E-state index in [2.05, 4.69) is 9.98 Å². The smallest absolute Gasteiger partial charge is 0.363 e. The van der Waals surface area contributed by atoms with Crippen molar-refractivity contribution in [1.29, 1.82) is 0 Å². The van der Waals surface area contributed by atoms with Gasteiger partial charge in [0.05, 0.1) is 0 Å². The minimum atomic E-state index is -0.488. The summed E-state index contributed by atoms with van der Waals surface area (Å²) < 4.78 is 5.18. The molecule has 0 amide bonds. The van der Waals surface area contributed by atoms with Gasteiger partial charge in [0.25, 0.3) is 0 Å². The zero-order chi connectivity index (χ0) is 15.7. The van der Waals surface area contributed by atoms with Gasteiger partial charge in [-0.25, -0.2) is 9.79 Å². The number of carbonyl (C=O) groups is 1. The summed E-state index contributed by atoms with van der Waals surface area (Å²) in [5, 5.41) is 0.510. The third-order valence-corrected chi connectivity index (χ3v) is 3.52. The number of esters is 1. The van der Waals surface area contributed by atoms with Crippen LogP contribution in [0.1, 0.15) is 22.4 Å². The molecule has 5 heteroatoms. The fourth-order valence-corrected chi connectivity index (χ4v) is 2.26. The Bertz CT molecular complexity index is 825. The van der Waals surface area contributed by atoms with Crippen LogP contribution in [0, 0.1) is 13.8 Å². The third kappa shape index (κ3) is 2.92. The number of hydrogen-bond acceptors (Lipinski definition) is 4. The van der Waals surface area contributed by atoms with Crippen molar-refractivity contribution in [3.05, 3.63) is 69.6 Å². The molecule has 4 nitrogen and oxygen atoms in total. The van der Waals surface area contributed by atoms with Crippen LogP contribution in [0.25, 0.3) is 6.08 Å². The number of nitrogens with zero attached hydrogens (tertiary/aromatic N) is 2. The molecule has 1 aliphatic rings. The highest BCUT2D eigenvalue weighted by Crippen LogP contribution is 2.21. The molecule has 1 aliphatic heterocycles. The van der Waals surface area contributed by atoms with E-state index in [1.165, 1.54) is 0 Å². The molecule has 0 saturated heterocycles. The number of cyclic esters (lactones) is 1. The zero-order valence-corrected chi connectivity index (χ0v) is 12.9. The summed E-state index contributed by atoms with van der Waals surface area (Å²) in [6.45, 7) is 3.98. The zero-order valence-electron chi connectivity index (χ0n) is 12.1. The average molecular weight is 313 g/mol. The summed E-state index contributed by atoms with van der Waals surface area (Å²) in [6.07, 6.45) is 3.27. The van der Waals surface area contributed by atoms with Crippen LogP contribution >= 0.6 is 11.6 Å². The van der Waals surface area contributed by atoms with Gasteiger partial charge in [0.15, 0.2) is 5.70 Å². The van der Waals surface area contributed by atoms with Gasteiger partial charge < -0.3 is 4.74 Å². The van der Waals surface area contributed by atoms with Crippen LogP contribution in [-0.4, -0.2) is 16.9 Å². The second kappa shape index (κ2) is 5.73. The third-order valence-electron chi connectivity index (χ3n) is 3.29. The van der Waals surface area contributed by atoms with Gasteiger partial charge in [0, 0.05) is 11.2 Å². The normalized spacial score (nSPS) is 15.9. The van der Waals surface area contributed by atoms with E-state index < -0.39 is 5.97 Å². The van der Waals surface area contributed by atoms with E-state index in [-0.39, 0.29) is 11.6 Å². The number of ether oxygens (including phenoxy) is 1. The summed E-state index contributed by atoms with van der Waals surface area (Å²) >= 11 is 5.91. The maximum atomic E-state index is 12.0. The summed E-state index contributed by atoms with van der Waals surface area (Å²) in [5.41, 5.74) is 3.81. The van der Waals surface area contributed by atoms with Gasteiger partial charge in [0.2, 0.25) is 5.90 Å². The predicted molar refractivity (Wildman–Crippen MR) is 85.8 cm³/mol. The molecule has 22 heavy (non-hydrogen) atoms. The first-order valence-corrected chi connectivity index (χ1v) is 7.12. The molecule has 0 unspecified atom stereocenters. The van der Waals surface area contributed by atoms with Crippen LogP contribution in [0.4, 0.5) is 0 Å². The summed E-state index contributed by atoms with van der Waals surface area (Å²) in [7, 11) is 0. The molecule has 0 spiro atoms. The Kier molecular flexibility index (Phi) is 3.77. The van der Waals surface area contributed by atoms with Crippen molar-refractivity contribution in [3.8, 4) is 0 Å². The number of aryl methyl sites for hydroxylation is 2. The lowest BCUT2D eigenvalue weighted by molar-refractivity contribution is -0.129. The van der Waals surface area contributed by atoms with Gasteiger partial charge in [-0.15, -0.1) is 0 Å². The molecule has 0 saturated carbocycles. The van der Waals surface area contributed by atoms with Gasteiger partial charge in [-0.3, -0.25) is 4.98 Å². The number of halogens is 1. The largest absolute Gasteiger partial charge is 0.400 e. The Morgan fingerprint density at radius 3 is 2.77 bits per heavy atom. The number of pyridine rings is 1. The van der Waals surface area contributed by atoms with Crippen LogP contribution < -0.4 is 0 Å². The van der Waals surface area contributed by atoms with Crippen molar-refractivity contribution < 1.29 is 9.53 Å². The molecule has 1 aromatic heterocycles. The molecule has 0 fully saturated rings. The Hall–Kier alpha value is -2.46. The molecule has 0 aliphatic carbocycles. The average Bonchev–Trinajstić information content (AvgIpc) is 2.84. The summed E-state index contributed by atoms with van der Waals surface area (Å²) in [6, 6.07) is 9.28. The molecule has 0 atom stereocenters. The lowest BCUT2D eigenvalue weighted by Gasteiger charge is -2.01. The van der Waals surface area contributed by atoms with Gasteiger partial charge in [-0.2, -0.15) is 0 Å². The van der Waals surface area contributed by atoms with Crippen LogP contribution in [0.3, 0.4) is 0 Å². The van der Waals surface area contributed by atoms with E-state index in [9.17, 15) is 4.79 Å². The number of aromatic nitrogens is 1. The monoisotopic (exact) mass is 312 g/mol. The molecule has 2 heterocycles. The molecule has 2 aromatic rings. The fraction of sp³-hybridized carbons (Fsp3) is 0.118. The van der Waals surface area contributed by atoms with Gasteiger partial charge in [0.1, 0.15) is 5.69 Å². The van der Waals surface area contributed by atoms with E-state index in [1.54, 1.807) is 24.4 Å². The number of rotatable bonds is 2. The molecule has 1 aromatic carbocycles. The van der Waals surface area contributed by atoms with Crippen LogP contribution in [0.5, 0.6) is 0 Å². The fourth-order valence-electron chi connectivity index (χ4n) is 2.10. The Morgan fingerprint density at radius 1 is 1.18 bits per heavy atom. The lowest BCUT2D eigenvalue weighted by atomic mass is 10.0. The van der Waals surface area contributed by atoms with Crippen LogP contribution in [-0.2, 0) is 9.53 Å². The molecule has 0 N–H and O–H groups in total. The predicted octanol–water partition coefficient (Wildman–Crippen LogP) is 3.70. The molecular weight excluding hydrogens is 300 g/mol. The quantitative estimate of drug-likeness (QED) is 0.627. The molecule has 110 valence electrons.